The Morgan fingerprint density at radius 3 is 2.00 bits per heavy atom. The fraction of sp³-hybridized carbons (Fsp3) is 1.00. The van der Waals surface area contributed by atoms with Gasteiger partial charge in [-0.3, -0.25) is 4.72 Å². The van der Waals surface area contributed by atoms with Crippen molar-refractivity contribution in [2.75, 3.05) is 0 Å². The molecule has 0 rings (SSSR count). The summed E-state index contributed by atoms with van der Waals surface area (Å²) in [6.07, 6.45) is 1.20. The molecule has 50 valence electrons. The molecule has 0 saturated heterocycles. The first kappa shape index (κ1) is 8.31. The predicted molar refractivity (Wildman–Crippen MR) is 41.0 cm³/mol. The van der Waals surface area contributed by atoms with Crippen molar-refractivity contribution in [3.05, 3.63) is 0 Å². The van der Waals surface area contributed by atoms with E-state index in [1.165, 1.54) is 6.42 Å². The van der Waals surface area contributed by atoms with Gasteiger partial charge in [0.25, 0.3) is 0 Å². The van der Waals surface area contributed by atoms with E-state index in [4.69, 9.17) is 0 Å². The van der Waals surface area contributed by atoms with Crippen molar-refractivity contribution in [3.8, 4) is 0 Å². The highest BCUT2D eigenvalue weighted by Gasteiger charge is 1.99. The van der Waals surface area contributed by atoms with Gasteiger partial charge in [0, 0.05) is 6.04 Å². The summed E-state index contributed by atoms with van der Waals surface area (Å²) in [5, 5.41) is 0. The molecule has 1 N–H and O–H groups in total. The van der Waals surface area contributed by atoms with E-state index in [1.54, 1.807) is 0 Å². The summed E-state index contributed by atoms with van der Waals surface area (Å²) in [4.78, 5) is 0. The number of thiol groups is 1. The molecule has 0 aromatic carbocycles. The summed E-state index contributed by atoms with van der Waals surface area (Å²) >= 11 is 3.94. The van der Waals surface area contributed by atoms with E-state index in [-0.39, 0.29) is 0 Å². The maximum absolute atomic E-state index is 3.94. The van der Waals surface area contributed by atoms with E-state index >= 15 is 0 Å². The molecule has 0 aromatic heterocycles. The van der Waals surface area contributed by atoms with Crippen molar-refractivity contribution in [2.45, 2.75) is 33.2 Å². The van der Waals surface area contributed by atoms with Crippen LogP contribution < -0.4 is 4.72 Å². The van der Waals surface area contributed by atoms with E-state index in [9.17, 15) is 0 Å². The SMILES string of the molecule is CC(C)CC(C)NS. The standard InChI is InChI=1S/C6H15NS/c1-5(2)4-6(3)7-8/h5-8H,4H2,1-3H3. The second-order valence-corrected chi connectivity index (χ2v) is 2.92. The molecule has 1 atom stereocenters. The molecule has 0 aliphatic carbocycles. The molecule has 0 saturated carbocycles. The van der Waals surface area contributed by atoms with Crippen LogP contribution in [-0.4, -0.2) is 6.04 Å². The Morgan fingerprint density at radius 1 is 1.38 bits per heavy atom. The normalized spacial score (nSPS) is 14.6. The van der Waals surface area contributed by atoms with Crippen LogP contribution in [-0.2, 0) is 0 Å². The molecular weight excluding hydrogens is 118 g/mol. The van der Waals surface area contributed by atoms with Gasteiger partial charge < -0.3 is 0 Å². The van der Waals surface area contributed by atoms with E-state index in [2.05, 4.69) is 38.3 Å². The highest BCUT2D eigenvalue weighted by atomic mass is 32.1. The summed E-state index contributed by atoms with van der Waals surface area (Å²) in [6.45, 7) is 6.55. The van der Waals surface area contributed by atoms with Gasteiger partial charge >= 0.3 is 0 Å². The van der Waals surface area contributed by atoms with Crippen LogP contribution >= 0.6 is 12.8 Å². The fourth-order valence-electron chi connectivity index (χ4n) is 0.760. The molecule has 0 aromatic rings. The lowest BCUT2D eigenvalue weighted by molar-refractivity contribution is 0.503. The van der Waals surface area contributed by atoms with Gasteiger partial charge in [-0.25, -0.2) is 0 Å². The van der Waals surface area contributed by atoms with Crippen molar-refractivity contribution >= 4 is 12.8 Å². The van der Waals surface area contributed by atoms with Crippen molar-refractivity contribution in [2.24, 2.45) is 5.92 Å². The second-order valence-electron chi connectivity index (χ2n) is 2.66. The Bertz CT molecular complexity index is 54.5. The third-order valence-corrected chi connectivity index (χ3v) is 1.49. The van der Waals surface area contributed by atoms with Crippen LogP contribution in [0.25, 0.3) is 0 Å². The van der Waals surface area contributed by atoms with Crippen LogP contribution in [0.15, 0.2) is 0 Å². The molecule has 0 amide bonds. The second kappa shape index (κ2) is 4.21. The van der Waals surface area contributed by atoms with Crippen LogP contribution in [0.3, 0.4) is 0 Å². The minimum absolute atomic E-state index is 0.540. The number of hydrogen-bond acceptors (Lipinski definition) is 2. The molecule has 1 unspecified atom stereocenters. The summed E-state index contributed by atoms with van der Waals surface area (Å²) in [5.74, 6) is 0.768. The van der Waals surface area contributed by atoms with Crippen LogP contribution in [0.4, 0.5) is 0 Å². The van der Waals surface area contributed by atoms with E-state index < -0.39 is 0 Å². The van der Waals surface area contributed by atoms with Gasteiger partial charge in [-0.1, -0.05) is 26.7 Å². The number of nitrogens with one attached hydrogen (secondary N) is 1. The van der Waals surface area contributed by atoms with E-state index in [1.807, 2.05) is 0 Å². The summed E-state index contributed by atoms with van der Waals surface area (Å²) < 4.78 is 2.89. The van der Waals surface area contributed by atoms with E-state index in [0.29, 0.717) is 6.04 Å². The van der Waals surface area contributed by atoms with Crippen LogP contribution in [0, 0.1) is 5.92 Å². The lowest BCUT2D eigenvalue weighted by Crippen LogP contribution is -2.18. The summed E-state index contributed by atoms with van der Waals surface area (Å²) in [7, 11) is 0. The van der Waals surface area contributed by atoms with Gasteiger partial charge in [0.15, 0.2) is 0 Å². The fourth-order valence-corrected chi connectivity index (χ4v) is 0.865. The van der Waals surface area contributed by atoms with Crippen molar-refractivity contribution in [1.29, 1.82) is 0 Å². The molecule has 2 heteroatoms. The largest absolute Gasteiger partial charge is 0.264 e. The van der Waals surface area contributed by atoms with Crippen LogP contribution in [0.5, 0.6) is 0 Å². The smallest absolute Gasteiger partial charge is 0.0143 e. The lowest BCUT2D eigenvalue weighted by atomic mass is 10.1. The first-order valence-corrected chi connectivity index (χ1v) is 3.51. The average molecular weight is 133 g/mol. The molecular formula is C6H15NS. The topological polar surface area (TPSA) is 12.0 Å². The quantitative estimate of drug-likeness (QED) is 0.560. The van der Waals surface area contributed by atoms with Crippen molar-refractivity contribution < 1.29 is 0 Å². The number of rotatable bonds is 3. The van der Waals surface area contributed by atoms with Crippen molar-refractivity contribution in [3.63, 3.8) is 0 Å². The highest BCUT2D eigenvalue weighted by molar-refractivity contribution is 7.78. The molecule has 0 heterocycles. The predicted octanol–water partition coefficient (Wildman–Crippen LogP) is 1.86. The molecule has 1 nitrogen and oxygen atoms in total. The van der Waals surface area contributed by atoms with Gasteiger partial charge in [-0.2, -0.15) is 0 Å². The van der Waals surface area contributed by atoms with Gasteiger partial charge in [0.2, 0.25) is 0 Å². The van der Waals surface area contributed by atoms with Gasteiger partial charge in [0.05, 0.1) is 0 Å². The third-order valence-electron chi connectivity index (χ3n) is 1.05. The monoisotopic (exact) mass is 133 g/mol. The molecule has 8 heavy (non-hydrogen) atoms. The van der Waals surface area contributed by atoms with Crippen molar-refractivity contribution in [1.82, 2.24) is 4.72 Å². The maximum atomic E-state index is 3.94. The Balaban J connectivity index is 3.10. The Hall–Kier alpha value is 0.310. The maximum Gasteiger partial charge on any atom is 0.0143 e. The highest BCUT2D eigenvalue weighted by Crippen LogP contribution is 2.03. The lowest BCUT2D eigenvalue weighted by Gasteiger charge is -2.10. The third kappa shape index (κ3) is 4.47. The Morgan fingerprint density at radius 2 is 1.88 bits per heavy atom. The molecule has 0 aliphatic heterocycles. The van der Waals surface area contributed by atoms with Gasteiger partial charge in [0.1, 0.15) is 0 Å². The number of hydrogen-bond donors (Lipinski definition) is 2. The zero-order chi connectivity index (χ0) is 6.57. The van der Waals surface area contributed by atoms with Crippen LogP contribution in [0.2, 0.25) is 0 Å². The van der Waals surface area contributed by atoms with Crippen LogP contribution in [0.1, 0.15) is 27.2 Å². The summed E-state index contributed by atoms with van der Waals surface area (Å²) in [6, 6.07) is 0.540. The van der Waals surface area contributed by atoms with E-state index in [0.717, 1.165) is 5.92 Å². The minimum atomic E-state index is 0.540. The zero-order valence-corrected chi connectivity index (χ0v) is 6.70. The Kier molecular flexibility index (Phi) is 4.38. The first-order valence-electron chi connectivity index (χ1n) is 3.06. The molecule has 0 radical (unpaired) electrons. The zero-order valence-electron chi connectivity index (χ0n) is 5.81. The van der Waals surface area contributed by atoms with Gasteiger partial charge in [-0.05, 0) is 19.3 Å². The molecule has 0 bridgehead atoms. The van der Waals surface area contributed by atoms with Gasteiger partial charge in [-0.15, -0.1) is 0 Å². The average Bonchev–Trinajstić information content (AvgIpc) is 1.65. The summed E-state index contributed by atoms with van der Waals surface area (Å²) in [5.41, 5.74) is 0. The molecule has 0 fully saturated rings. The Labute approximate surface area is 57.4 Å². The molecule has 0 spiro atoms. The first-order chi connectivity index (χ1) is 3.66. The minimum Gasteiger partial charge on any atom is -0.264 e. The molecule has 0 aliphatic rings.